The van der Waals surface area contributed by atoms with E-state index < -0.39 is 35.0 Å². The third kappa shape index (κ3) is 4.41. The van der Waals surface area contributed by atoms with Gasteiger partial charge in [0.2, 0.25) is 5.88 Å². The molecule has 1 unspecified atom stereocenters. The van der Waals surface area contributed by atoms with E-state index in [2.05, 4.69) is 26.3 Å². The molecule has 0 bridgehead atoms. The first-order valence-corrected chi connectivity index (χ1v) is 14.0. The van der Waals surface area contributed by atoms with E-state index in [1.54, 1.807) is 61.7 Å². The van der Waals surface area contributed by atoms with Crippen LogP contribution in [0.15, 0.2) is 60.8 Å². The standard InChI is InChI=1S/C31H27N7O7/c1-30(26(41)33-28(43)35-30)14-38-13-23-20(24(38)39)9-10-22(32-23)16-3-6-18(7-4-16)31(27(42)34-29(44)36-31)15-37-12-17-5-8-19(45-2)11-21(17)25(37)40/h3-11,13,39H,12,14-15H2,1-2H3,(H2,33,35,41,43)(H2,34,36,42,44)/t30?,31-/m0/s1. The van der Waals surface area contributed by atoms with Crippen LogP contribution in [0.3, 0.4) is 0 Å². The van der Waals surface area contributed by atoms with Crippen LogP contribution >= 0.6 is 0 Å². The predicted octanol–water partition coefficient (Wildman–Crippen LogP) is 1.71. The lowest BCUT2D eigenvalue weighted by atomic mass is 9.88. The van der Waals surface area contributed by atoms with Crippen LogP contribution < -0.4 is 26.0 Å². The zero-order valence-corrected chi connectivity index (χ0v) is 24.1. The van der Waals surface area contributed by atoms with Gasteiger partial charge in [-0.3, -0.25) is 25.0 Å². The van der Waals surface area contributed by atoms with Gasteiger partial charge in [0.1, 0.15) is 11.3 Å². The summed E-state index contributed by atoms with van der Waals surface area (Å²) in [6, 6.07) is 14.3. The van der Waals surface area contributed by atoms with Gasteiger partial charge in [0, 0.05) is 23.9 Å². The van der Waals surface area contributed by atoms with Crippen molar-refractivity contribution < 1.29 is 33.8 Å². The number of imide groups is 2. The molecule has 0 spiro atoms. The lowest BCUT2D eigenvalue weighted by Crippen LogP contribution is -2.52. The third-order valence-corrected chi connectivity index (χ3v) is 8.56. The Morgan fingerprint density at radius 3 is 2.31 bits per heavy atom. The number of amides is 7. The Kier molecular flexibility index (Phi) is 6.08. The minimum atomic E-state index is -1.52. The lowest BCUT2D eigenvalue weighted by molar-refractivity contribution is -0.125. The average molecular weight is 610 g/mol. The van der Waals surface area contributed by atoms with E-state index in [9.17, 15) is 29.1 Å². The van der Waals surface area contributed by atoms with Crippen LogP contribution in [0.25, 0.3) is 22.2 Å². The van der Waals surface area contributed by atoms with Crippen LogP contribution in [0.5, 0.6) is 11.6 Å². The number of carbonyl (C=O) groups excluding carboxylic acids is 5. The fourth-order valence-electron chi connectivity index (χ4n) is 6.14. The number of hydrogen-bond donors (Lipinski definition) is 5. The van der Waals surface area contributed by atoms with Gasteiger partial charge in [-0.2, -0.15) is 0 Å². The van der Waals surface area contributed by atoms with Gasteiger partial charge in [0.05, 0.1) is 36.8 Å². The van der Waals surface area contributed by atoms with Crippen molar-refractivity contribution in [2.45, 2.75) is 31.1 Å². The van der Waals surface area contributed by atoms with E-state index in [0.717, 1.165) is 5.56 Å². The first-order chi connectivity index (χ1) is 21.5. The quantitative estimate of drug-likeness (QED) is 0.196. The van der Waals surface area contributed by atoms with Crippen LogP contribution in [0, 0.1) is 0 Å². The number of nitrogens with one attached hydrogen (secondary N) is 4. The van der Waals surface area contributed by atoms with Crippen LogP contribution in [0.4, 0.5) is 9.59 Å². The molecule has 2 saturated heterocycles. The van der Waals surface area contributed by atoms with E-state index >= 15 is 0 Å². The summed E-state index contributed by atoms with van der Waals surface area (Å²) in [6.07, 6.45) is 1.60. The summed E-state index contributed by atoms with van der Waals surface area (Å²) >= 11 is 0. The van der Waals surface area contributed by atoms with Crippen molar-refractivity contribution in [1.82, 2.24) is 35.7 Å². The molecule has 2 aromatic carbocycles. The fraction of sp³-hybridized carbons (Fsp3) is 0.226. The second-order valence-electron chi connectivity index (χ2n) is 11.5. The summed E-state index contributed by atoms with van der Waals surface area (Å²) in [7, 11) is 1.52. The molecular weight excluding hydrogens is 582 g/mol. The highest BCUT2D eigenvalue weighted by atomic mass is 16.5. The molecule has 3 aliphatic heterocycles. The lowest BCUT2D eigenvalue weighted by Gasteiger charge is -2.31. The van der Waals surface area contributed by atoms with Crippen molar-refractivity contribution >= 4 is 40.7 Å². The summed E-state index contributed by atoms with van der Waals surface area (Å²) in [4.78, 5) is 69.0. The summed E-state index contributed by atoms with van der Waals surface area (Å²) in [5, 5.41) is 21.1. The molecule has 4 aromatic rings. The number of benzene rings is 2. The molecule has 14 heteroatoms. The van der Waals surface area contributed by atoms with Crippen molar-refractivity contribution in [3.63, 3.8) is 0 Å². The molecule has 5 heterocycles. The number of rotatable bonds is 7. The van der Waals surface area contributed by atoms with Gasteiger partial charge in [-0.15, -0.1) is 0 Å². The second kappa shape index (κ2) is 9.80. The number of aromatic hydroxyl groups is 1. The normalized spacial score (nSPS) is 22.4. The summed E-state index contributed by atoms with van der Waals surface area (Å²) < 4.78 is 6.71. The van der Waals surface area contributed by atoms with Gasteiger partial charge in [-0.05, 0) is 42.3 Å². The zero-order chi connectivity index (χ0) is 31.7. The zero-order valence-electron chi connectivity index (χ0n) is 24.1. The molecule has 2 aromatic heterocycles. The Balaban J connectivity index is 1.17. The van der Waals surface area contributed by atoms with Crippen molar-refractivity contribution in [1.29, 1.82) is 0 Å². The molecule has 0 aliphatic carbocycles. The molecule has 228 valence electrons. The monoisotopic (exact) mass is 609 g/mol. The van der Waals surface area contributed by atoms with E-state index in [0.29, 0.717) is 39.0 Å². The first-order valence-electron chi connectivity index (χ1n) is 14.0. The van der Waals surface area contributed by atoms with E-state index in [4.69, 9.17) is 4.74 Å². The average Bonchev–Trinajstić information content (AvgIpc) is 3.68. The van der Waals surface area contributed by atoms with Gasteiger partial charge < -0.3 is 29.9 Å². The number of ether oxygens (including phenoxy) is 1. The largest absolute Gasteiger partial charge is 0.497 e. The highest BCUT2D eigenvalue weighted by molar-refractivity contribution is 6.08. The number of aromatic nitrogens is 2. The molecule has 0 saturated carbocycles. The molecule has 2 atom stereocenters. The van der Waals surface area contributed by atoms with Gasteiger partial charge >= 0.3 is 12.1 Å². The summed E-state index contributed by atoms with van der Waals surface area (Å²) in [6.45, 7) is 1.74. The van der Waals surface area contributed by atoms with Gasteiger partial charge in [0.15, 0.2) is 5.54 Å². The summed E-state index contributed by atoms with van der Waals surface area (Å²) in [5.41, 5.74) is 0.720. The van der Waals surface area contributed by atoms with Crippen LogP contribution in [-0.4, -0.2) is 68.5 Å². The Hall–Kier alpha value is -5.92. The number of carbonyl (C=O) groups is 5. The van der Waals surface area contributed by atoms with Crippen LogP contribution in [0.2, 0.25) is 0 Å². The molecule has 0 radical (unpaired) electrons. The molecule has 5 N–H and O–H groups in total. The maximum Gasteiger partial charge on any atom is 0.322 e. The number of nitrogens with zero attached hydrogens (tertiary/aromatic N) is 3. The number of urea groups is 2. The van der Waals surface area contributed by atoms with Gasteiger partial charge in [-0.1, -0.05) is 30.3 Å². The maximum atomic E-state index is 13.3. The van der Waals surface area contributed by atoms with Crippen molar-refractivity contribution in [2.24, 2.45) is 0 Å². The Labute approximate surface area is 255 Å². The highest BCUT2D eigenvalue weighted by Crippen LogP contribution is 2.34. The van der Waals surface area contributed by atoms with Crippen molar-refractivity contribution in [3.05, 3.63) is 77.5 Å². The molecule has 2 fully saturated rings. The second-order valence-corrected chi connectivity index (χ2v) is 11.5. The van der Waals surface area contributed by atoms with Crippen molar-refractivity contribution in [2.75, 3.05) is 13.7 Å². The Morgan fingerprint density at radius 2 is 1.64 bits per heavy atom. The maximum absolute atomic E-state index is 13.3. The van der Waals surface area contributed by atoms with Crippen molar-refractivity contribution in [3.8, 4) is 22.9 Å². The molecule has 7 rings (SSSR count). The number of hydrogen-bond acceptors (Lipinski definition) is 8. The highest BCUT2D eigenvalue weighted by Gasteiger charge is 2.50. The summed E-state index contributed by atoms with van der Waals surface area (Å²) in [5.74, 6) is -0.896. The third-order valence-electron chi connectivity index (χ3n) is 8.56. The molecule has 7 amide bonds. The number of fused-ring (bicyclic) bond motifs is 2. The first kappa shape index (κ1) is 27.9. The topological polar surface area (TPSA) is 184 Å². The Bertz CT molecular complexity index is 1970. The Morgan fingerprint density at radius 1 is 0.911 bits per heavy atom. The number of pyridine rings is 1. The van der Waals surface area contributed by atoms with E-state index in [1.807, 2.05) is 6.07 Å². The van der Waals surface area contributed by atoms with E-state index in [1.165, 1.54) is 16.6 Å². The number of methoxy groups -OCH3 is 1. The smallest absolute Gasteiger partial charge is 0.322 e. The SMILES string of the molecule is COc1ccc2c(c1)C(=O)N(C[C@@]1(c3ccc(-c4ccc5c(O)n(CC6(C)NC(=O)NC6=O)cc5n4)cc3)NC(=O)NC1=O)C2. The van der Waals surface area contributed by atoms with E-state index in [-0.39, 0.29) is 31.4 Å². The molecule has 14 nitrogen and oxygen atoms in total. The fourth-order valence-corrected chi connectivity index (χ4v) is 6.14. The predicted molar refractivity (Wildman–Crippen MR) is 158 cm³/mol. The van der Waals surface area contributed by atoms with Gasteiger partial charge in [-0.25, -0.2) is 14.6 Å². The minimum Gasteiger partial charge on any atom is -0.497 e. The van der Waals surface area contributed by atoms with Crippen LogP contribution in [-0.2, 0) is 28.2 Å². The molecule has 3 aliphatic rings. The van der Waals surface area contributed by atoms with Gasteiger partial charge in [0.25, 0.3) is 17.7 Å². The molecule has 45 heavy (non-hydrogen) atoms. The van der Waals surface area contributed by atoms with Crippen LogP contribution in [0.1, 0.15) is 28.4 Å². The minimum absolute atomic E-state index is 0.00912. The molecular formula is C31H27N7O7.